The van der Waals surface area contributed by atoms with Crippen LogP contribution in [0.5, 0.6) is 0 Å². The Kier molecular flexibility index (Phi) is 5.87. The molecule has 18 heavy (non-hydrogen) atoms. The fourth-order valence-electron chi connectivity index (χ4n) is 2.08. The predicted molar refractivity (Wildman–Crippen MR) is 84.3 cm³/mol. The SMILES string of the molecule is CC(C)CNCCc1ccc(Br)cc1C(C)(C)C. The van der Waals surface area contributed by atoms with Crippen molar-refractivity contribution < 1.29 is 0 Å². The molecule has 0 amide bonds. The molecule has 1 rings (SSSR count). The fourth-order valence-corrected chi connectivity index (χ4v) is 2.44. The van der Waals surface area contributed by atoms with E-state index in [4.69, 9.17) is 0 Å². The lowest BCUT2D eigenvalue weighted by molar-refractivity contribution is 0.546. The highest BCUT2D eigenvalue weighted by atomic mass is 79.9. The van der Waals surface area contributed by atoms with Gasteiger partial charge in [0.25, 0.3) is 0 Å². The lowest BCUT2D eigenvalue weighted by atomic mass is 9.83. The molecule has 102 valence electrons. The molecule has 0 heterocycles. The van der Waals surface area contributed by atoms with Gasteiger partial charge >= 0.3 is 0 Å². The van der Waals surface area contributed by atoms with Crippen molar-refractivity contribution in [3.8, 4) is 0 Å². The average molecular weight is 312 g/mol. The third-order valence-corrected chi connectivity index (χ3v) is 3.50. The van der Waals surface area contributed by atoms with Crippen molar-refractivity contribution in [1.29, 1.82) is 0 Å². The van der Waals surface area contributed by atoms with Crippen molar-refractivity contribution in [3.63, 3.8) is 0 Å². The standard InChI is InChI=1S/C16H26BrN/c1-12(2)11-18-9-8-13-6-7-14(17)10-15(13)16(3,4)5/h6-7,10,12,18H,8-9,11H2,1-5H3. The normalized spacial score (nSPS) is 12.2. The number of halogens is 1. The summed E-state index contributed by atoms with van der Waals surface area (Å²) < 4.78 is 1.17. The van der Waals surface area contributed by atoms with E-state index in [1.165, 1.54) is 15.6 Å². The molecule has 1 N–H and O–H groups in total. The zero-order chi connectivity index (χ0) is 13.8. The zero-order valence-electron chi connectivity index (χ0n) is 12.3. The van der Waals surface area contributed by atoms with Crippen LogP contribution in [0.2, 0.25) is 0 Å². The summed E-state index contributed by atoms with van der Waals surface area (Å²) in [6, 6.07) is 6.66. The second-order valence-electron chi connectivity index (χ2n) is 6.40. The largest absolute Gasteiger partial charge is 0.316 e. The van der Waals surface area contributed by atoms with Crippen molar-refractivity contribution in [3.05, 3.63) is 33.8 Å². The number of rotatable bonds is 5. The molecule has 2 heteroatoms. The molecule has 0 radical (unpaired) electrons. The fraction of sp³-hybridized carbons (Fsp3) is 0.625. The van der Waals surface area contributed by atoms with E-state index in [0.29, 0.717) is 0 Å². The average Bonchev–Trinajstić information content (AvgIpc) is 2.24. The highest BCUT2D eigenvalue weighted by Crippen LogP contribution is 2.28. The molecule has 0 unspecified atom stereocenters. The van der Waals surface area contributed by atoms with Gasteiger partial charge in [-0.2, -0.15) is 0 Å². The van der Waals surface area contributed by atoms with Gasteiger partial charge in [0.2, 0.25) is 0 Å². The first-order valence-electron chi connectivity index (χ1n) is 6.80. The molecule has 0 aromatic heterocycles. The van der Waals surface area contributed by atoms with Crippen LogP contribution in [0.3, 0.4) is 0 Å². The van der Waals surface area contributed by atoms with E-state index in [0.717, 1.165) is 25.4 Å². The van der Waals surface area contributed by atoms with Gasteiger partial charge in [0, 0.05) is 4.47 Å². The summed E-state index contributed by atoms with van der Waals surface area (Å²) in [6.45, 7) is 13.5. The summed E-state index contributed by atoms with van der Waals surface area (Å²) in [5, 5.41) is 3.51. The third kappa shape index (κ3) is 5.11. The van der Waals surface area contributed by atoms with Crippen LogP contribution in [0, 0.1) is 5.92 Å². The summed E-state index contributed by atoms with van der Waals surface area (Å²) in [5.41, 5.74) is 3.11. The second kappa shape index (κ2) is 6.72. The minimum absolute atomic E-state index is 0.206. The van der Waals surface area contributed by atoms with Gasteiger partial charge in [-0.1, -0.05) is 56.6 Å². The van der Waals surface area contributed by atoms with Gasteiger partial charge in [-0.3, -0.25) is 0 Å². The molecular weight excluding hydrogens is 286 g/mol. The predicted octanol–water partition coefficient (Wildman–Crippen LogP) is 4.53. The van der Waals surface area contributed by atoms with E-state index in [9.17, 15) is 0 Å². The van der Waals surface area contributed by atoms with Crippen LogP contribution in [0.1, 0.15) is 45.7 Å². The molecule has 0 saturated heterocycles. The van der Waals surface area contributed by atoms with Crippen molar-refractivity contribution in [2.45, 2.75) is 46.5 Å². The van der Waals surface area contributed by atoms with Crippen LogP contribution in [-0.2, 0) is 11.8 Å². The Morgan fingerprint density at radius 3 is 2.44 bits per heavy atom. The first-order chi connectivity index (χ1) is 8.30. The molecule has 0 saturated carbocycles. The maximum atomic E-state index is 3.57. The van der Waals surface area contributed by atoms with Gasteiger partial charge in [0.1, 0.15) is 0 Å². The lowest BCUT2D eigenvalue weighted by Gasteiger charge is -2.23. The van der Waals surface area contributed by atoms with Gasteiger partial charge in [-0.25, -0.2) is 0 Å². The first kappa shape index (κ1) is 15.7. The molecule has 0 aliphatic carbocycles. The molecule has 0 aliphatic rings. The molecule has 0 fully saturated rings. The van der Waals surface area contributed by atoms with E-state index < -0.39 is 0 Å². The molecule has 0 spiro atoms. The molecule has 0 aliphatic heterocycles. The van der Waals surface area contributed by atoms with Crippen LogP contribution >= 0.6 is 15.9 Å². The van der Waals surface area contributed by atoms with Gasteiger partial charge < -0.3 is 5.32 Å². The minimum atomic E-state index is 0.206. The maximum Gasteiger partial charge on any atom is 0.0178 e. The number of benzene rings is 1. The monoisotopic (exact) mass is 311 g/mol. The van der Waals surface area contributed by atoms with Crippen LogP contribution in [0.4, 0.5) is 0 Å². The van der Waals surface area contributed by atoms with E-state index in [1.807, 2.05) is 0 Å². The number of hydrogen-bond donors (Lipinski definition) is 1. The topological polar surface area (TPSA) is 12.0 Å². The highest BCUT2D eigenvalue weighted by Gasteiger charge is 2.17. The first-order valence-corrected chi connectivity index (χ1v) is 7.59. The Labute approximate surface area is 120 Å². The van der Waals surface area contributed by atoms with E-state index in [2.05, 4.69) is 74.1 Å². The molecule has 1 aromatic rings. The van der Waals surface area contributed by atoms with Gasteiger partial charge in [-0.15, -0.1) is 0 Å². The Bertz CT molecular complexity index is 377. The Hall–Kier alpha value is -0.340. The summed E-state index contributed by atoms with van der Waals surface area (Å²) in [4.78, 5) is 0. The Morgan fingerprint density at radius 2 is 1.89 bits per heavy atom. The summed E-state index contributed by atoms with van der Waals surface area (Å²) in [5.74, 6) is 0.719. The van der Waals surface area contributed by atoms with E-state index in [1.54, 1.807) is 0 Å². The number of nitrogens with one attached hydrogen (secondary N) is 1. The molecule has 1 aromatic carbocycles. The maximum absolute atomic E-state index is 3.57. The molecular formula is C16H26BrN. The molecule has 0 bridgehead atoms. The third-order valence-electron chi connectivity index (χ3n) is 3.00. The quantitative estimate of drug-likeness (QED) is 0.787. The summed E-state index contributed by atoms with van der Waals surface area (Å²) in [6.07, 6.45) is 1.10. The van der Waals surface area contributed by atoms with E-state index in [-0.39, 0.29) is 5.41 Å². The number of hydrogen-bond acceptors (Lipinski definition) is 1. The second-order valence-corrected chi connectivity index (χ2v) is 7.32. The van der Waals surface area contributed by atoms with Crippen molar-refractivity contribution in [2.24, 2.45) is 5.92 Å². The summed E-state index contributed by atoms with van der Waals surface area (Å²) in [7, 11) is 0. The minimum Gasteiger partial charge on any atom is -0.316 e. The molecule has 1 nitrogen and oxygen atoms in total. The van der Waals surface area contributed by atoms with E-state index >= 15 is 0 Å². The lowest BCUT2D eigenvalue weighted by Crippen LogP contribution is -2.23. The highest BCUT2D eigenvalue weighted by molar-refractivity contribution is 9.10. The van der Waals surface area contributed by atoms with Crippen LogP contribution in [0.25, 0.3) is 0 Å². The van der Waals surface area contributed by atoms with Gasteiger partial charge in [-0.05, 0) is 54.1 Å². The Morgan fingerprint density at radius 1 is 1.22 bits per heavy atom. The van der Waals surface area contributed by atoms with Gasteiger partial charge in [0.05, 0.1) is 0 Å². The van der Waals surface area contributed by atoms with Crippen LogP contribution in [-0.4, -0.2) is 13.1 Å². The Balaban J connectivity index is 2.70. The molecule has 0 atom stereocenters. The van der Waals surface area contributed by atoms with Crippen LogP contribution in [0.15, 0.2) is 22.7 Å². The van der Waals surface area contributed by atoms with Crippen molar-refractivity contribution in [2.75, 3.05) is 13.1 Å². The van der Waals surface area contributed by atoms with Crippen LogP contribution < -0.4 is 5.32 Å². The van der Waals surface area contributed by atoms with Crippen molar-refractivity contribution >= 4 is 15.9 Å². The summed E-state index contributed by atoms with van der Waals surface area (Å²) >= 11 is 3.57. The van der Waals surface area contributed by atoms with Gasteiger partial charge in [0.15, 0.2) is 0 Å². The van der Waals surface area contributed by atoms with Crippen molar-refractivity contribution in [1.82, 2.24) is 5.32 Å². The smallest absolute Gasteiger partial charge is 0.0178 e. The zero-order valence-corrected chi connectivity index (χ0v) is 13.9.